The number of fused-ring (bicyclic) bond motifs is 1. The average molecular weight is 531 g/mol. The van der Waals surface area contributed by atoms with E-state index >= 15 is 0 Å². The van der Waals surface area contributed by atoms with Crippen molar-refractivity contribution in [1.29, 1.82) is 0 Å². The lowest BCUT2D eigenvalue weighted by Crippen LogP contribution is -2.08. The number of pyridine rings is 1. The molecule has 2 aromatic heterocycles. The molecule has 0 N–H and O–H groups in total. The van der Waals surface area contributed by atoms with Crippen LogP contribution < -0.4 is 9.47 Å². The third-order valence-electron chi connectivity index (χ3n) is 5.62. The molecule has 38 heavy (non-hydrogen) atoms. The summed E-state index contributed by atoms with van der Waals surface area (Å²) in [7, 11) is -1.92. The molecular weight excluding hydrogens is 504 g/mol. The largest absolute Gasteiger partial charge is 0.496 e. The number of hydrogen-bond acceptors (Lipinski definition) is 7. The number of ether oxygens (including phenoxy) is 2. The molecule has 2 heterocycles. The summed E-state index contributed by atoms with van der Waals surface area (Å²) >= 11 is 0. The molecule has 0 aliphatic rings. The highest BCUT2D eigenvalue weighted by Gasteiger charge is 2.10. The van der Waals surface area contributed by atoms with Crippen LogP contribution >= 0.6 is 0 Å². The molecule has 4 aromatic rings. The van der Waals surface area contributed by atoms with Crippen molar-refractivity contribution < 1.29 is 27.5 Å². The van der Waals surface area contributed by atoms with Crippen LogP contribution in [0.2, 0.25) is 0 Å². The molecule has 0 fully saturated rings. The zero-order valence-electron chi connectivity index (χ0n) is 20.9. The summed E-state index contributed by atoms with van der Waals surface area (Å²) in [6, 6.07) is 17.8. The number of allylic oxidation sites excluding steroid dienone is 2. The number of ketones is 2. The summed E-state index contributed by atoms with van der Waals surface area (Å²) in [5, 5.41) is 0.766. The molecule has 0 spiro atoms. The minimum absolute atomic E-state index is 0.303. The van der Waals surface area contributed by atoms with Crippen LogP contribution in [0.3, 0.4) is 0 Å². The smallest absolute Gasteiger partial charge is 0.236 e. The van der Waals surface area contributed by atoms with Crippen molar-refractivity contribution in [2.45, 2.75) is 13.0 Å². The van der Waals surface area contributed by atoms with Crippen LogP contribution in [-0.4, -0.2) is 42.3 Å². The molecule has 0 atom stereocenters. The Morgan fingerprint density at radius 1 is 0.974 bits per heavy atom. The minimum Gasteiger partial charge on any atom is -0.496 e. The summed E-state index contributed by atoms with van der Waals surface area (Å²) in [6.45, 7) is 0.311. The maximum Gasteiger partial charge on any atom is 0.236 e. The molecule has 0 bridgehead atoms. The lowest BCUT2D eigenvalue weighted by atomic mass is 10.1. The van der Waals surface area contributed by atoms with Gasteiger partial charge in [-0.2, -0.15) is 0 Å². The van der Waals surface area contributed by atoms with Gasteiger partial charge in [-0.05, 0) is 60.2 Å². The third-order valence-corrected chi connectivity index (χ3v) is 6.65. The number of nitrogens with zero attached hydrogens (tertiary/aromatic N) is 2. The maximum atomic E-state index is 12.4. The summed E-state index contributed by atoms with van der Waals surface area (Å²) < 4.78 is 36.2. The van der Waals surface area contributed by atoms with Crippen LogP contribution in [0.25, 0.3) is 23.1 Å². The quantitative estimate of drug-likeness (QED) is 0.205. The van der Waals surface area contributed by atoms with Crippen LogP contribution in [0, 0.1) is 0 Å². The van der Waals surface area contributed by atoms with E-state index in [9.17, 15) is 18.0 Å². The zero-order valence-corrected chi connectivity index (χ0v) is 21.7. The second kappa shape index (κ2) is 11.7. The Balaban J connectivity index is 1.36. The highest BCUT2D eigenvalue weighted by Crippen LogP contribution is 2.26. The number of rotatable bonds is 11. The van der Waals surface area contributed by atoms with Gasteiger partial charge in [-0.15, -0.1) is 0 Å². The second-order valence-electron chi connectivity index (χ2n) is 8.48. The van der Waals surface area contributed by atoms with Gasteiger partial charge in [-0.1, -0.05) is 24.3 Å². The lowest BCUT2D eigenvalue weighted by Gasteiger charge is -2.09. The fraction of sp³-hybridized carbons (Fsp3) is 0.138. The first-order valence-corrected chi connectivity index (χ1v) is 13.5. The van der Waals surface area contributed by atoms with Crippen molar-refractivity contribution in [1.82, 2.24) is 8.96 Å². The molecule has 2 aromatic carbocycles. The first-order chi connectivity index (χ1) is 18.2. The van der Waals surface area contributed by atoms with Crippen molar-refractivity contribution in [3.8, 4) is 11.5 Å². The molecule has 8 nitrogen and oxygen atoms in total. The van der Waals surface area contributed by atoms with Crippen LogP contribution in [0.15, 0.2) is 85.2 Å². The predicted molar refractivity (Wildman–Crippen MR) is 146 cm³/mol. The number of aromatic nitrogens is 2. The zero-order chi connectivity index (χ0) is 27.1. The topological polar surface area (TPSA) is 105 Å². The second-order valence-corrected chi connectivity index (χ2v) is 10.3. The van der Waals surface area contributed by atoms with Crippen LogP contribution in [0.5, 0.6) is 11.5 Å². The molecule has 0 unspecified atom stereocenters. The van der Waals surface area contributed by atoms with Gasteiger partial charge in [0.25, 0.3) is 0 Å². The number of carbonyl (C=O) groups is 2. The van der Waals surface area contributed by atoms with E-state index in [0.717, 1.165) is 17.3 Å². The highest BCUT2D eigenvalue weighted by molar-refractivity contribution is 7.89. The van der Waals surface area contributed by atoms with E-state index in [0.29, 0.717) is 34.7 Å². The van der Waals surface area contributed by atoms with Crippen LogP contribution in [-0.2, 0) is 26.2 Å². The molecule has 4 rings (SSSR count). The van der Waals surface area contributed by atoms with Crippen molar-refractivity contribution in [2.75, 3.05) is 13.4 Å². The Bertz CT molecular complexity index is 1640. The van der Waals surface area contributed by atoms with Gasteiger partial charge in [0.15, 0.2) is 11.6 Å². The standard InChI is InChI=1S/C29H26N2O6S/c1-36-29-19-27(37-20-24-5-3-4-15-30-24)13-10-23(29)9-12-26(33)18-25(32)11-7-21-6-8-22-14-16-31(28(22)17-21)38(2,34)35/h3-17,19H,18,20H2,1-2H3. The Kier molecular flexibility index (Phi) is 8.18. The molecule has 0 aliphatic heterocycles. The van der Waals surface area contributed by atoms with E-state index < -0.39 is 10.0 Å². The number of carbonyl (C=O) groups excluding carboxylic acids is 2. The van der Waals surface area contributed by atoms with Crippen LogP contribution in [0.4, 0.5) is 0 Å². The SMILES string of the molecule is COc1cc(OCc2ccccn2)ccc1C=CC(=O)CC(=O)C=Cc1ccc2ccn(S(C)(=O)=O)c2c1. The average Bonchev–Trinajstić information content (AvgIpc) is 3.34. The van der Waals surface area contributed by atoms with Crippen molar-refractivity contribution in [3.05, 3.63) is 102 Å². The number of benzene rings is 2. The van der Waals surface area contributed by atoms with E-state index in [4.69, 9.17) is 9.47 Å². The molecule has 9 heteroatoms. The molecule has 0 saturated heterocycles. The number of methoxy groups -OCH3 is 1. The summed E-state index contributed by atoms with van der Waals surface area (Å²) in [4.78, 5) is 28.9. The Morgan fingerprint density at radius 3 is 2.47 bits per heavy atom. The molecule has 0 amide bonds. The van der Waals surface area contributed by atoms with Crippen molar-refractivity contribution in [3.63, 3.8) is 0 Å². The highest BCUT2D eigenvalue weighted by atomic mass is 32.2. The monoisotopic (exact) mass is 530 g/mol. The lowest BCUT2D eigenvalue weighted by molar-refractivity contribution is -0.121. The summed E-state index contributed by atoms with van der Waals surface area (Å²) in [5.74, 6) is 0.383. The predicted octanol–water partition coefficient (Wildman–Crippen LogP) is 4.69. The van der Waals surface area contributed by atoms with Gasteiger partial charge in [0.1, 0.15) is 18.1 Å². The normalized spacial score (nSPS) is 11.8. The van der Waals surface area contributed by atoms with Gasteiger partial charge in [0.05, 0.1) is 31.0 Å². The Labute approximate surface area is 220 Å². The molecule has 0 radical (unpaired) electrons. The van der Waals surface area contributed by atoms with Gasteiger partial charge in [-0.25, -0.2) is 12.4 Å². The number of hydrogen-bond donors (Lipinski definition) is 0. The first-order valence-electron chi connectivity index (χ1n) is 11.7. The molecular formula is C29H26N2O6S. The van der Waals surface area contributed by atoms with Gasteiger partial charge >= 0.3 is 0 Å². The fourth-order valence-electron chi connectivity index (χ4n) is 3.73. The van der Waals surface area contributed by atoms with Crippen molar-refractivity contribution in [2.24, 2.45) is 0 Å². The van der Waals surface area contributed by atoms with Gasteiger partial charge in [0.2, 0.25) is 10.0 Å². The van der Waals surface area contributed by atoms with E-state index in [-0.39, 0.29) is 18.0 Å². The van der Waals surface area contributed by atoms with Crippen molar-refractivity contribution >= 4 is 44.6 Å². The van der Waals surface area contributed by atoms with Gasteiger partial charge < -0.3 is 9.47 Å². The Hall–Kier alpha value is -4.50. The fourth-order valence-corrected chi connectivity index (χ4v) is 4.53. The first kappa shape index (κ1) is 26.6. The third kappa shape index (κ3) is 6.83. The van der Waals surface area contributed by atoms with E-state index in [1.54, 1.807) is 60.8 Å². The van der Waals surface area contributed by atoms with Gasteiger partial charge in [0, 0.05) is 29.4 Å². The Morgan fingerprint density at radius 2 is 1.76 bits per heavy atom. The maximum absolute atomic E-state index is 12.4. The molecule has 0 saturated carbocycles. The van der Waals surface area contributed by atoms with E-state index in [2.05, 4.69) is 4.98 Å². The van der Waals surface area contributed by atoms with E-state index in [1.807, 2.05) is 18.2 Å². The summed E-state index contributed by atoms with van der Waals surface area (Å²) in [6.07, 6.45) is 9.81. The molecule has 0 aliphatic carbocycles. The molecule has 194 valence electrons. The van der Waals surface area contributed by atoms with Crippen LogP contribution in [0.1, 0.15) is 23.2 Å². The van der Waals surface area contributed by atoms with Gasteiger partial charge in [-0.3, -0.25) is 14.6 Å². The minimum atomic E-state index is -3.45. The van der Waals surface area contributed by atoms with E-state index in [1.165, 1.54) is 29.4 Å². The summed E-state index contributed by atoms with van der Waals surface area (Å²) in [5.41, 5.74) is 2.62.